The van der Waals surface area contributed by atoms with Crippen LogP contribution in [0.25, 0.3) is 5.69 Å². The Labute approximate surface area is 162 Å². The summed E-state index contributed by atoms with van der Waals surface area (Å²) in [5.74, 6) is -1.41. The fourth-order valence-corrected chi connectivity index (χ4v) is 3.28. The first kappa shape index (κ1) is 20.9. The Hall–Kier alpha value is -2.41. The lowest BCUT2D eigenvalue weighted by atomic mass is 10.2. The number of carbonyl (C=O) groups excluding carboxylic acids is 2. The van der Waals surface area contributed by atoms with Crippen molar-refractivity contribution in [2.24, 2.45) is 0 Å². The summed E-state index contributed by atoms with van der Waals surface area (Å²) in [7, 11) is 0. The first-order valence-corrected chi connectivity index (χ1v) is 9.00. The Morgan fingerprint density at radius 1 is 1.19 bits per heavy atom. The summed E-state index contributed by atoms with van der Waals surface area (Å²) in [6.45, 7) is 8.81. The van der Waals surface area contributed by atoms with Crippen molar-refractivity contribution in [3.8, 4) is 5.69 Å². The monoisotopic (exact) mass is 395 g/mol. The molecule has 0 saturated heterocycles. The van der Waals surface area contributed by atoms with E-state index in [4.69, 9.17) is 16.3 Å². The van der Waals surface area contributed by atoms with E-state index >= 15 is 0 Å². The fourth-order valence-electron chi connectivity index (χ4n) is 2.93. The smallest absolute Gasteiger partial charge is 0.343 e. The predicted octanol–water partition coefficient (Wildman–Crippen LogP) is 3.78. The first-order chi connectivity index (χ1) is 12.6. The highest BCUT2D eigenvalue weighted by atomic mass is 35.5. The second kappa shape index (κ2) is 8.52. The van der Waals surface area contributed by atoms with Crippen molar-refractivity contribution in [1.82, 2.24) is 14.7 Å². The third kappa shape index (κ3) is 4.66. The minimum absolute atomic E-state index is 0.0113. The summed E-state index contributed by atoms with van der Waals surface area (Å²) < 4.78 is 19.6. The van der Waals surface area contributed by atoms with Crippen molar-refractivity contribution in [3.05, 3.63) is 46.5 Å². The van der Waals surface area contributed by atoms with Gasteiger partial charge in [0.2, 0.25) is 0 Å². The van der Waals surface area contributed by atoms with E-state index in [9.17, 15) is 14.0 Å². The zero-order valence-corrected chi connectivity index (χ0v) is 16.7. The largest absolute Gasteiger partial charge is 0.452 e. The maximum Gasteiger partial charge on any atom is 0.343 e. The fraction of sp³-hybridized carbons (Fsp3) is 0.421. The van der Waals surface area contributed by atoms with Gasteiger partial charge in [-0.2, -0.15) is 5.10 Å². The molecule has 146 valence electrons. The summed E-state index contributed by atoms with van der Waals surface area (Å²) in [5, 5.41) is 4.26. The van der Waals surface area contributed by atoms with Gasteiger partial charge in [-0.3, -0.25) is 4.79 Å². The van der Waals surface area contributed by atoms with Crippen LogP contribution in [0.15, 0.2) is 24.3 Å². The van der Waals surface area contributed by atoms with Crippen LogP contribution >= 0.6 is 11.6 Å². The first-order valence-electron chi connectivity index (χ1n) is 8.62. The quantitative estimate of drug-likeness (QED) is 0.698. The van der Waals surface area contributed by atoms with Crippen LogP contribution in [0.1, 0.15) is 43.7 Å². The van der Waals surface area contributed by atoms with E-state index in [0.717, 1.165) is 0 Å². The van der Waals surface area contributed by atoms with Crippen molar-refractivity contribution >= 4 is 23.5 Å². The van der Waals surface area contributed by atoms with Crippen molar-refractivity contribution < 1.29 is 18.7 Å². The van der Waals surface area contributed by atoms with Gasteiger partial charge in [0.25, 0.3) is 5.91 Å². The van der Waals surface area contributed by atoms with Crippen LogP contribution in [0, 0.1) is 12.7 Å². The molecular weight excluding hydrogens is 373 g/mol. The lowest BCUT2D eigenvalue weighted by molar-refractivity contribution is -0.138. The molecule has 1 aromatic carbocycles. The number of nitrogens with zero attached hydrogens (tertiary/aromatic N) is 3. The molecule has 0 aliphatic carbocycles. The third-order valence-electron chi connectivity index (χ3n) is 4.01. The molecule has 2 aromatic rings. The number of benzene rings is 1. The Balaban J connectivity index is 2.17. The number of esters is 1. The van der Waals surface area contributed by atoms with E-state index in [0.29, 0.717) is 11.4 Å². The maximum absolute atomic E-state index is 13.1. The number of rotatable bonds is 6. The number of carbonyl (C=O) groups is 2. The number of hydrogen-bond acceptors (Lipinski definition) is 4. The highest BCUT2D eigenvalue weighted by Gasteiger charge is 2.25. The molecule has 0 spiro atoms. The standard InChI is InChI=1S/C19H23ClFN3O3/c1-11(2)23(12(3)4)16(25)10-27-19(26)17-13(5)22-24(18(17)20)15-8-6-14(21)7-9-15/h6-9,11-12H,10H2,1-5H3. The Morgan fingerprint density at radius 2 is 1.74 bits per heavy atom. The lowest BCUT2D eigenvalue weighted by Crippen LogP contribution is -2.44. The average Bonchev–Trinajstić information content (AvgIpc) is 2.87. The van der Waals surface area contributed by atoms with E-state index in [1.54, 1.807) is 11.8 Å². The van der Waals surface area contributed by atoms with Crippen molar-refractivity contribution in [2.75, 3.05) is 6.61 Å². The van der Waals surface area contributed by atoms with Crippen molar-refractivity contribution in [2.45, 2.75) is 46.7 Å². The van der Waals surface area contributed by atoms with E-state index in [2.05, 4.69) is 5.10 Å². The van der Waals surface area contributed by atoms with Crippen molar-refractivity contribution in [1.29, 1.82) is 0 Å². The number of ether oxygens (including phenoxy) is 1. The second-order valence-electron chi connectivity index (χ2n) is 6.70. The van der Waals surface area contributed by atoms with Crippen LogP contribution in [0.4, 0.5) is 4.39 Å². The topological polar surface area (TPSA) is 64.4 Å². The van der Waals surface area contributed by atoms with Crippen LogP contribution in [0.3, 0.4) is 0 Å². The van der Waals surface area contributed by atoms with E-state index < -0.39 is 11.8 Å². The molecule has 0 unspecified atom stereocenters. The van der Waals surface area contributed by atoms with Crippen LogP contribution in [-0.2, 0) is 9.53 Å². The Bertz CT molecular complexity index is 823. The van der Waals surface area contributed by atoms with Gasteiger partial charge in [-0.1, -0.05) is 11.6 Å². The second-order valence-corrected chi connectivity index (χ2v) is 7.06. The molecule has 1 amide bonds. The molecule has 2 rings (SSSR count). The van der Waals surface area contributed by atoms with Crippen LogP contribution in [-0.4, -0.2) is 45.2 Å². The van der Waals surface area contributed by atoms with E-state index in [1.165, 1.54) is 28.9 Å². The molecule has 0 fully saturated rings. The molecule has 1 aromatic heterocycles. The summed E-state index contributed by atoms with van der Waals surface area (Å²) in [4.78, 5) is 26.5. The SMILES string of the molecule is Cc1nn(-c2ccc(F)cc2)c(Cl)c1C(=O)OCC(=O)N(C(C)C)C(C)C. The van der Waals surface area contributed by atoms with Gasteiger partial charge in [0, 0.05) is 12.1 Å². The minimum Gasteiger partial charge on any atom is -0.452 e. The third-order valence-corrected chi connectivity index (χ3v) is 4.36. The molecule has 0 aliphatic rings. The van der Waals surface area contributed by atoms with Gasteiger partial charge in [0.15, 0.2) is 6.61 Å². The number of aryl methyl sites for hydroxylation is 1. The molecule has 0 aliphatic heterocycles. The maximum atomic E-state index is 13.1. The van der Waals surface area contributed by atoms with E-state index in [-0.39, 0.29) is 35.3 Å². The van der Waals surface area contributed by atoms with E-state index in [1.807, 2.05) is 27.7 Å². The highest BCUT2D eigenvalue weighted by molar-refractivity contribution is 6.33. The van der Waals surface area contributed by atoms with Crippen LogP contribution in [0.2, 0.25) is 5.15 Å². The lowest BCUT2D eigenvalue weighted by Gasteiger charge is -2.30. The number of aromatic nitrogens is 2. The summed E-state index contributed by atoms with van der Waals surface area (Å²) in [6, 6.07) is 5.51. The predicted molar refractivity (Wildman–Crippen MR) is 101 cm³/mol. The molecule has 0 radical (unpaired) electrons. The molecule has 6 nitrogen and oxygen atoms in total. The molecule has 0 saturated carbocycles. The van der Waals surface area contributed by atoms with Gasteiger partial charge in [-0.05, 0) is 58.9 Å². The molecule has 27 heavy (non-hydrogen) atoms. The zero-order chi connectivity index (χ0) is 20.3. The normalized spacial score (nSPS) is 11.1. The summed E-state index contributed by atoms with van der Waals surface area (Å²) >= 11 is 6.29. The summed E-state index contributed by atoms with van der Waals surface area (Å²) in [6.07, 6.45) is 0. The zero-order valence-electron chi connectivity index (χ0n) is 16.0. The van der Waals surface area contributed by atoms with Gasteiger partial charge in [-0.25, -0.2) is 13.9 Å². The highest BCUT2D eigenvalue weighted by Crippen LogP contribution is 2.24. The molecule has 1 heterocycles. The summed E-state index contributed by atoms with van der Waals surface area (Å²) in [5.41, 5.74) is 0.936. The molecular formula is C19H23ClFN3O3. The molecule has 0 N–H and O–H groups in total. The van der Waals surface area contributed by atoms with Crippen molar-refractivity contribution in [3.63, 3.8) is 0 Å². The van der Waals surface area contributed by atoms with Gasteiger partial charge in [0.05, 0.1) is 11.4 Å². The number of hydrogen-bond donors (Lipinski definition) is 0. The number of halogens is 2. The van der Waals surface area contributed by atoms with Crippen LogP contribution in [0.5, 0.6) is 0 Å². The number of amides is 1. The molecule has 0 atom stereocenters. The minimum atomic E-state index is -0.730. The van der Waals surface area contributed by atoms with Crippen LogP contribution < -0.4 is 0 Å². The van der Waals surface area contributed by atoms with Gasteiger partial charge < -0.3 is 9.64 Å². The Morgan fingerprint density at radius 3 is 2.26 bits per heavy atom. The molecule has 8 heteroatoms. The van der Waals surface area contributed by atoms with Gasteiger partial charge in [0.1, 0.15) is 16.5 Å². The molecule has 0 bridgehead atoms. The Kier molecular flexibility index (Phi) is 6.59. The van der Waals surface area contributed by atoms with Gasteiger partial charge >= 0.3 is 5.97 Å². The van der Waals surface area contributed by atoms with Gasteiger partial charge in [-0.15, -0.1) is 0 Å². The average molecular weight is 396 g/mol.